The van der Waals surface area contributed by atoms with Crippen molar-refractivity contribution in [1.82, 2.24) is 20.2 Å². The van der Waals surface area contributed by atoms with E-state index in [4.69, 9.17) is 11.6 Å². The molecule has 0 aliphatic heterocycles. The monoisotopic (exact) mass is 372 g/mol. The highest BCUT2D eigenvalue weighted by Gasteiger charge is 2.24. The highest BCUT2D eigenvalue weighted by atomic mass is 35.5. The number of hydrogen-bond donors (Lipinski definition) is 1. The molecule has 1 N–H and O–H groups in total. The van der Waals surface area contributed by atoms with Crippen LogP contribution in [-0.4, -0.2) is 31.8 Å². The zero-order chi connectivity index (χ0) is 18.8. The zero-order valence-corrected chi connectivity index (χ0v) is 14.6. The van der Waals surface area contributed by atoms with Gasteiger partial charge in [-0.3, -0.25) is 19.6 Å². The zero-order valence-electron chi connectivity index (χ0n) is 13.8. The van der Waals surface area contributed by atoms with Gasteiger partial charge >= 0.3 is 5.69 Å². The lowest BCUT2D eigenvalue weighted by Crippen LogP contribution is -2.19. The Balaban J connectivity index is 1.83. The number of amides is 1. The van der Waals surface area contributed by atoms with E-state index in [0.29, 0.717) is 5.56 Å². The number of halogens is 1. The van der Waals surface area contributed by atoms with Gasteiger partial charge in [-0.15, -0.1) is 0 Å². The van der Waals surface area contributed by atoms with Gasteiger partial charge in [-0.05, 0) is 18.6 Å². The van der Waals surface area contributed by atoms with Crippen LogP contribution in [0, 0.1) is 17.0 Å². The van der Waals surface area contributed by atoms with Gasteiger partial charge in [0.05, 0.1) is 16.7 Å². The standard InChI is InChI=1S/C16H13ClN6O3/c1-9-4-3-5-10-6-11(15(17)19-13(9)10)7-18-20-16(24)14-12(23(25)26)8-22(2)21-14/h3-8H,1-2H3,(H,20,24)/b18-7+. The molecule has 3 aromatic rings. The smallest absolute Gasteiger partial charge is 0.268 e. The fourth-order valence-corrected chi connectivity index (χ4v) is 2.60. The minimum Gasteiger partial charge on any atom is -0.268 e. The summed E-state index contributed by atoms with van der Waals surface area (Å²) in [5.41, 5.74) is 3.75. The number of nitro groups is 1. The molecule has 0 spiro atoms. The Morgan fingerprint density at radius 2 is 2.23 bits per heavy atom. The van der Waals surface area contributed by atoms with Crippen LogP contribution in [0.5, 0.6) is 0 Å². The van der Waals surface area contributed by atoms with Crippen LogP contribution in [-0.2, 0) is 7.05 Å². The summed E-state index contributed by atoms with van der Waals surface area (Å²) in [6.07, 6.45) is 2.47. The first-order valence-electron chi connectivity index (χ1n) is 7.44. The second-order valence-corrected chi connectivity index (χ2v) is 5.87. The van der Waals surface area contributed by atoms with Crippen molar-refractivity contribution in [2.24, 2.45) is 12.1 Å². The van der Waals surface area contributed by atoms with Gasteiger partial charge < -0.3 is 0 Å². The number of rotatable bonds is 4. The van der Waals surface area contributed by atoms with Crippen molar-refractivity contribution in [1.29, 1.82) is 0 Å². The summed E-state index contributed by atoms with van der Waals surface area (Å²) in [5.74, 6) is -0.797. The van der Waals surface area contributed by atoms with Gasteiger partial charge in [-0.1, -0.05) is 29.8 Å². The van der Waals surface area contributed by atoms with Crippen molar-refractivity contribution >= 4 is 40.3 Å². The third-order valence-electron chi connectivity index (χ3n) is 3.62. The topological polar surface area (TPSA) is 115 Å². The summed E-state index contributed by atoms with van der Waals surface area (Å²) >= 11 is 6.16. The van der Waals surface area contributed by atoms with E-state index >= 15 is 0 Å². The molecule has 0 aliphatic rings. The fraction of sp³-hybridized carbons (Fsp3) is 0.125. The number of nitrogens with one attached hydrogen (secondary N) is 1. The Bertz CT molecular complexity index is 1060. The molecule has 0 aliphatic carbocycles. The second-order valence-electron chi connectivity index (χ2n) is 5.51. The Kier molecular flexibility index (Phi) is 4.63. The van der Waals surface area contributed by atoms with Crippen LogP contribution in [0.15, 0.2) is 35.6 Å². The maximum Gasteiger partial charge on any atom is 0.320 e. The molecule has 0 unspecified atom stereocenters. The summed E-state index contributed by atoms with van der Waals surface area (Å²) in [7, 11) is 1.48. The Hall–Kier alpha value is -3.33. The molecule has 3 rings (SSSR count). The normalized spacial score (nSPS) is 11.2. The number of nitrogens with zero attached hydrogens (tertiary/aromatic N) is 5. The number of aromatic nitrogens is 3. The lowest BCUT2D eigenvalue weighted by Gasteiger charge is -2.04. The average Bonchev–Trinajstić information content (AvgIpc) is 2.98. The first-order chi connectivity index (χ1) is 12.4. The number of hydrazone groups is 1. The lowest BCUT2D eigenvalue weighted by atomic mass is 10.1. The lowest BCUT2D eigenvalue weighted by molar-refractivity contribution is -0.385. The Morgan fingerprint density at radius 3 is 2.96 bits per heavy atom. The van der Waals surface area contributed by atoms with Gasteiger partial charge in [-0.25, -0.2) is 10.4 Å². The van der Waals surface area contributed by atoms with Crippen LogP contribution < -0.4 is 5.43 Å². The summed E-state index contributed by atoms with van der Waals surface area (Å²) < 4.78 is 1.18. The number of fused-ring (bicyclic) bond motifs is 1. The number of carbonyl (C=O) groups excluding carboxylic acids is 1. The fourth-order valence-electron chi connectivity index (χ4n) is 2.42. The van der Waals surface area contributed by atoms with Gasteiger partial charge in [0, 0.05) is 18.0 Å². The highest BCUT2D eigenvalue weighted by Crippen LogP contribution is 2.22. The van der Waals surface area contributed by atoms with Crippen LogP contribution in [0.2, 0.25) is 5.15 Å². The van der Waals surface area contributed by atoms with E-state index in [1.165, 1.54) is 17.9 Å². The van der Waals surface area contributed by atoms with E-state index < -0.39 is 16.5 Å². The van der Waals surface area contributed by atoms with E-state index in [9.17, 15) is 14.9 Å². The first-order valence-corrected chi connectivity index (χ1v) is 7.82. The largest absolute Gasteiger partial charge is 0.320 e. The summed E-state index contributed by atoms with van der Waals surface area (Å²) in [6, 6.07) is 7.50. The van der Waals surface area contributed by atoms with Crippen LogP contribution in [0.4, 0.5) is 5.69 Å². The minimum atomic E-state index is -0.797. The quantitative estimate of drug-likeness (QED) is 0.327. The van der Waals surface area contributed by atoms with Crippen molar-refractivity contribution in [3.8, 4) is 0 Å². The van der Waals surface area contributed by atoms with Gasteiger partial charge in [0.15, 0.2) is 0 Å². The number of hydrogen-bond acceptors (Lipinski definition) is 6. The minimum absolute atomic E-state index is 0.230. The van der Waals surface area contributed by atoms with E-state index in [1.54, 1.807) is 6.07 Å². The van der Waals surface area contributed by atoms with Crippen LogP contribution in [0.3, 0.4) is 0 Å². The van der Waals surface area contributed by atoms with Gasteiger partial charge in [0.2, 0.25) is 5.69 Å². The summed E-state index contributed by atoms with van der Waals surface area (Å²) in [5, 5.41) is 19.6. The molecular weight excluding hydrogens is 360 g/mol. The molecule has 0 saturated carbocycles. The van der Waals surface area contributed by atoms with Crippen LogP contribution in [0.1, 0.15) is 21.6 Å². The van der Waals surface area contributed by atoms with Crippen LogP contribution in [0.25, 0.3) is 10.9 Å². The molecule has 10 heteroatoms. The molecule has 2 aromatic heterocycles. The maximum absolute atomic E-state index is 12.1. The van der Waals surface area contributed by atoms with Gasteiger partial charge in [0.1, 0.15) is 11.3 Å². The number of aryl methyl sites for hydroxylation is 2. The number of para-hydroxylation sites is 1. The average molecular weight is 373 g/mol. The van der Waals surface area contributed by atoms with Gasteiger partial charge in [-0.2, -0.15) is 10.2 Å². The Labute approximate surface area is 152 Å². The molecule has 0 atom stereocenters. The summed E-state index contributed by atoms with van der Waals surface area (Å²) in [6.45, 7) is 1.93. The molecule has 0 bridgehead atoms. The number of benzene rings is 1. The third kappa shape index (κ3) is 3.38. The van der Waals surface area contributed by atoms with Crippen molar-refractivity contribution in [2.45, 2.75) is 6.92 Å². The molecule has 26 heavy (non-hydrogen) atoms. The van der Waals surface area contributed by atoms with Crippen molar-refractivity contribution in [3.05, 3.63) is 62.6 Å². The van der Waals surface area contributed by atoms with Crippen molar-refractivity contribution in [2.75, 3.05) is 0 Å². The molecule has 1 amide bonds. The van der Waals surface area contributed by atoms with Gasteiger partial charge in [0.25, 0.3) is 5.91 Å². The molecule has 0 saturated heterocycles. The summed E-state index contributed by atoms with van der Waals surface area (Å²) in [4.78, 5) is 26.6. The van der Waals surface area contributed by atoms with E-state index in [-0.39, 0.29) is 10.8 Å². The maximum atomic E-state index is 12.1. The predicted octanol–water partition coefficient (Wildman–Crippen LogP) is 2.60. The SMILES string of the molecule is Cc1cccc2cc(/C=N/NC(=O)c3nn(C)cc3[N+](=O)[O-])c(Cl)nc12. The molecule has 9 nitrogen and oxygen atoms in total. The molecule has 1 aromatic carbocycles. The number of pyridine rings is 1. The first kappa shape index (κ1) is 17.5. The molecular formula is C16H13ClN6O3. The third-order valence-corrected chi connectivity index (χ3v) is 3.92. The molecule has 0 fully saturated rings. The molecule has 0 radical (unpaired) electrons. The van der Waals surface area contributed by atoms with Crippen molar-refractivity contribution in [3.63, 3.8) is 0 Å². The van der Waals surface area contributed by atoms with E-state index in [1.807, 2.05) is 25.1 Å². The second kappa shape index (κ2) is 6.89. The number of carbonyl (C=O) groups is 1. The Morgan fingerprint density at radius 1 is 1.46 bits per heavy atom. The van der Waals surface area contributed by atoms with E-state index in [0.717, 1.165) is 22.7 Å². The van der Waals surface area contributed by atoms with Crippen molar-refractivity contribution < 1.29 is 9.72 Å². The van der Waals surface area contributed by atoms with Crippen LogP contribution >= 0.6 is 11.6 Å². The predicted molar refractivity (Wildman–Crippen MR) is 96.4 cm³/mol. The molecule has 2 heterocycles. The van der Waals surface area contributed by atoms with E-state index in [2.05, 4.69) is 20.6 Å². The highest BCUT2D eigenvalue weighted by molar-refractivity contribution is 6.32. The molecule has 132 valence electrons.